The summed E-state index contributed by atoms with van der Waals surface area (Å²) in [6.45, 7) is -0.0901. The van der Waals surface area contributed by atoms with Gasteiger partial charge in [-0.2, -0.15) is 0 Å². The third kappa shape index (κ3) is 5.31. The van der Waals surface area contributed by atoms with Crippen LogP contribution in [-0.4, -0.2) is 28.0 Å². The van der Waals surface area contributed by atoms with Gasteiger partial charge in [0.25, 0.3) is 10.0 Å². The van der Waals surface area contributed by atoms with Crippen molar-refractivity contribution in [3.8, 4) is 5.75 Å². The minimum absolute atomic E-state index is 0.0673. The Morgan fingerprint density at radius 1 is 0.967 bits per heavy atom. The first-order valence-corrected chi connectivity index (χ1v) is 10.9. The molecule has 0 aliphatic carbocycles. The van der Waals surface area contributed by atoms with Crippen molar-refractivity contribution in [1.82, 2.24) is 5.32 Å². The molecule has 0 radical (unpaired) electrons. The van der Waals surface area contributed by atoms with Gasteiger partial charge in [-0.1, -0.05) is 41.9 Å². The van der Waals surface area contributed by atoms with Gasteiger partial charge in [-0.15, -0.1) is 0 Å². The molecule has 0 saturated carbocycles. The molecule has 3 aromatic rings. The predicted octanol–water partition coefficient (Wildman–Crippen LogP) is 3.86. The van der Waals surface area contributed by atoms with Crippen molar-refractivity contribution in [2.45, 2.75) is 11.4 Å². The summed E-state index contributed by atoms with van der Waals surface area (Å²) in [7, 11) is -2.46. The zero-order chi connectivity index (χ0) is 21.6. The van der Waals surface area contributed by atoms with E-state index in [-0.39, 0.29) is 18.0 Å². The van der Waals surface area contributed by atoms with Gasteiger partial charge in [0, 0.05) is 11.6 Å². The molecule has 0 aliphatic heterocycles. The van der Waals surface area contributed by atoms with Crippen LogP contribution < -0.4 is 14.4 Å². The Morgan fingerprint density at radius 3 is 2.20 bits per heavy atom. The highest BCUT2D eigenvalue weighted by Gasteiger charge is 2.27. The summed E-state index contributed by atoms with van der Waals surface area (Å²) in [6.07, 6.45) is 0. The number of carbonyl (C=O) groups is 1. The second kappa shape index (κ2) is 9.65. The van der Waals surface area contributed by atoms with Crippen molar-refractivity contribution < 1.29 is 17.9 Å². The van der Waals surface area contributed by atoms with Gasteiger partial charge in [0.05, 0.1) is 17.7 Å². The lowest BCUT2D eigenvalue weighted by atomic mass is 10.2. The molecule has 0 bridgehead atoms. The Balaban J connectivity index is 1.81. The van der Waals surface area contributed by atoms with E-state index in [4.69, 9.17) is 16.3 Å². The number of benzene rings is 3. The highest BCUT2D eigenvalue weighted by atomic mass is 35.5. The van der Waals surface area contributed by atoms with E-state index in [1.807, 2.05) is 0 Å². The molecule has 156 valence electrons. The summed E-state index contributed by atoms with van der Waals surface area (Å²) < 4.78 is 32.7. The van der Waals surface area contributed by atoms with Gasteiger partial charge < -0.3 is 10.1 Å². The molecule has 0 atom stereocenters. The minimum Gasteiger partial charge on any atom is -0.497 e. The number of carbonyl (C=O) groups excluding carboxylic acids is 1. The first kappa shape index (κ1) is 21.7. The Hall–Kier alpha value is -3.03. The number of sulfonamides is 1. The number of rotatable bonds is 8. The normalized spacial score (nSPS) is 11.0. The van der Waals surface area contributed by atoms with Crippen LogP contribution in [0.1, 0.15) is 5.56 Å². The monoisotopic (exact) mass is 444 g/mol. The maximum absolute atomic E-state index is 13.3. The van der Waals surface area contributed by atoms with Crippen LogP contribution in [0.3, 0.4) is 0 Å². The molecule has 0 fully saturated rings. The van der Waals surface area contributed by atoms with E-state index >= 15 is 0 Å². The fourth-order valence-electron chi connectivity index (χ4n) is 2.77. The number of para-hydroxylation sites is 1. The van der Waals surface area contributed by atoms with E-state index in [1.165, 1.54) is 19.2 Å². The van der Waals surface area contributed by atoms with Crippen LogP contribution in [0.15, 0.2) is 83.8 Å². The molecule has 3 rings (SSSR count). The van der Waals surface area contributed by atoms with Crippen LogP contribution in [0.25, 0.3) is 0 Å². The number of anilines is 1. The Bertz CT molecular complexity index is 1090. The lowest BCUT2D eigenvalue weighted by molar-refractivity contribution is -0.119. The summed E-state index contributed by atoms with van der Waals surface area (Å²) in [6, 6.07) is 21.6. The first-order chi connectivity index (χ1) is 14.4. The molecule has 0 spiro atoms. The maximum Gasteiger partial charge on any atom is 0.264 e. The molecular weight excluding hydrogens is 424 g/mol. The molecule has 6 nitrogen and oxygen atoms in total. The van der Waals surface area contributed by atoms with Crippen LogP contribution in [0.4, 0.5) is 5.69 Å². The van der Waals surface area contributed by atoms with E-state index in [0.717, 1.165) is 9.87 Å². The Morgan fingerprint density at radius 2 is 1.60 bits per heavy atom. The average Bonchev–Trinajstić information content (AvgIpc) is 2.77. The lowest BCUT2D eigenvalue weighted by Crippen LogP contribution is -2.40. The SMILES string of the molecule is COc1ccc(S(=O)(=O)N(CC(=O)NCc2ccc(Cl)cc2)c2ccccc2)cc1. The molecule has 0 aliphatic rings. The second-order valence-electron chi connectivity index (χ2n) is 6.43. The van der Waals surface area contributed by atoms with Crippen LogP contribution in [0.5, 0.6) is 5.75 Å². The largest absolute Gasteiger partial charge is 0.497 e. The van der Waals surface area contributed by atoms with Crippen molar-refractivity contribution in [3.05, 3.63) is 89.4 Å². The topological polar surface area (TPSA) is 75.7 Å². The van der Waals surface area contributed by atoms with Gasteiger partial charge in [-0.05, 0) is 54.1 Å². The summed E-state index contributed by atoms with van der Waals surface area (Å²) in [5, 5.41) is 3.36. The van der Waals surface area contributed by atoms with Gasteiger partial charge in [-0.25, -0.2) is 8.42 Å². The summed E-state index contributed by atoms with van der Waals surface area (Å²) in [5.41, 5.74) is 1.26. The highest BCUT2D eigenvalue weighted by Crippen LogP contribution is 2.24. The molecule has 8 heteroatoms. The van der Waals surface area contributed by atoms with Crippen molar-refractivity contribution in [2.24, 2.45) is 0 Å². The molecule has 1 N–H and O–H groups in total. The number of amides is 1. The van der Waals surface area contributed by atoms with Crippen LogP contribution >= 0.6 is 11.6 Å². The van der Waals surface area contributed by atoms with E-state index in [0.29, 0.717) is 16.5 Å². The summed E-state index contributed by atoms with van der Waals surface area (Å²) in [4.78, 5) is 12.6. The third-order valence-corrected chi connectivity index (χ3v) is 6.42. The number of halogens is 1. The number of methoxy groups -OCH3 is 1. The molecule has 0 unspecified atom stereocenters. The highest BCUT2D eigenvalue weighted by molar-refractivity contribution is 7.92. The lowest BCUT2D eigenvalue weighted by Gasteiger charge is -2.24. The summed E-state index contributed by atoms with van der Waals surface area (Å²) >= 11 is 5.87. The Labute approximate surface area is 181 Å². The quantitative estimate of drug-likeness (QED) is 0.572. The summed E-state index contributed by atoms with van der Waals surface area (Å²) in [5.74, 6) is 0.117. The smallest absolute Gasteiger partial charge is 0.264 e. The van der Waals surface area contributed by atoms with E-state index in [1.54, 1.807) is 66.7 Å². The molecule has 1 amide bonds. The van der Waals surface area contributed by atoms with Crippen LogP contribution in [0.2, 0.25) is 5.02 Å². The number of ether oxygens (including phenoxy) is 1. The zero-order valence-electron chi connectivity index (χ0n) is 16.3. The van der Waals surface area contributed by atoms with Crippen molar-refractivity contribution in [1.29, 1.82) is 0 Å². The van der Waals surface area contributed by atoms with Crippen molar-refractivity contribution in [3.63, 3.8) is 0 Å². The molecular formula is C22H21ClN2O4S. The molecule has 0 saturated heterocycles. The van der Waals surface area contributed by atoms with E-state index < -0.39 is 15.9 Å². The van der Waals surface area contributed by atoms with E-state index in [9.17, 15) is 13.2 Å². The molecule has 0 aromatic heterocycles. The van der Waals surface area contributed by atoms with Crippen molar-refractivity contribution >= 4 is 33.2 Å². The minimum atomic E-state index is -3.96. The Kier molecular flexibility index (Phi) is 6.97. The van der Waals surface area contributed by atoms with Gasteiger partial charge in [0.2, 0.25) is 5.91 Å². The number of nitrogens with zero attached hydrogens (tertiary/aromatic N) is 1. The van der Waals surface area contributed by atoms with Crippen molar-refractivity contribution in [2.75, 3.05) is 18.0 Å². The zero-order valence-corrected chi connectivity index (χ0v) is 17.9. The average molecular weight is 445 g/mol. The van der Waals surface area contributed by atoms with Crippen LogP contribution in [0, 0.1) is 0 Å². The van der Waals surface area contributed by atoms with Crippen LogP contribution in [-0.2, 0) is 21.4 Å². The van der Waals surface area contributed by atoms with Gasteiger partial charge in [0.1, 0.15) is 12.3 Å². The third-order valence-electron chi connectivity index (χ3n) is 4.38. The molecule has 0 heterocycles. The maximum atomic E-state index is 13.3. The number of hydrogen-bond donors (Lipinski definition) is 1. The van der Waals surface area contributed by atoms with Gasteiger partial charge in [-0.3, -0.25) is 9.10 Å². The second-order valence-corrected chi connectivity index (χ2v) is 8.72. The fraction of sp³-hybridized carbons (Fsp3) is 0.136. The number of nitrogens with one attached hydrogen (secondary N) is 1. The number of hydrogen-bond acceptors (Lipinski definition) is 4. The van der Waals surface area contributed by atoms with E-state index in [2.05, 4.69) is 5.32 Å². The first-order valence-electron chi connectivity index (χ1n) is 9.13. The predicted molar refractivity (Wildman–Crippen MR) is 117 cm³/mol. The molecule has 3 aromatic carbocycles. The van der Waals surface area contributed by atoms with Gasteiger partial charge >= 0.3 is 0 Å². The fourth-order valence-corrected chi connectivity index (χ4v) is 4.32. The molecule has 30 heavy (non-hydrogen) atoms. The standard InChI is InChI=1S/C22H21ClN2O4S/c1-29-20-11-13-21(14-12-20)30(27,28)25(19-5-3-2-4-6-19)16-22(26)24-15-17-7-9-18(23)10-8-17/h2-14H,15-16H2,1H3,(H,24,26). The van der Waals surface area contributed by atoms with Gasteiger partial charge in [0.15, 0.2) is 0 Å².